The summed E-state index contributed by atoms with van der Waals surface area (Å²) in [4.78, 5) is 36.8. The zero-order chi connectivity index (χ0) is 48.4. The van der Waals surface area contributed by atoms with Gasteiger partial charge in [-0.3, -0.25) is 0 Å². The Kier molecular flexibility index (Phi) is 29.7. The van der Waals surface area contributed by atoms with Crippen LogP contribution in [0.4, 0.5) is 0 Å². The lowest BCUT2D eigenvalue weighted by Gasteiger charge is -2.05. The Morgan fingerprint density at radius 1 is 0.632 bits per heavy atom. The molecule has 4 unspecified atom stereocenters. The first-order valence-electron chi connectivity index (χ1n) is 21.8. The van der Waals surface area contributed by atoms with Gasteiger partial charge in [-0.15, -0.1) is 0 Å². The number of thiophene rings is 1. The molecule has 0 amide bonds. The number of epoxide rings is 1. The maximum Gasteiger partial charge on any atom is 0.502 e. The first-order chi connectivity index (χ1) is 30.8. The molecular weight excluding hydrogens is 946 g/mol. The molecule has 5 aromatic rings. The van der Waals surface area contributed by atoms with Gasteiger partial charge < -0.3 is 13.6 Å². The van der Waals surface area contributed by atoms with Crippen molar-refractivity contribution < 1.29 is 41.7 Å². The number of ether oxygens (including phenoxy) is 1. The minimum absolute atomic E-state index is 0. The smallest absolute Gasteiger partial charge is 0.502 e. The fourth-order valence-electron chi connectivity index (χ4n) is 7.40. The number of hydrogen-bond donors (Lipinski definition) is 0. The van der Waals surface area contributed by atoms with E-state index < -0.39 is 32.3 Å². The van der Waals surface area contributed by atoms with Crippen LogP contribution in [-0.4, -0.2) is 57.1 Å². The van der Waals surface area contributed by atoms with Gasteiger partial charge in [0, 0.05) is 11.6 Å². The molecule has 0 radical (unpaired) electrons. The van der Waals surface area contributed by atoms with Crippen LogP contribution in [-0.2, 0) is 39.9 Å². The third kappa shape index (κ3) is 20.7. The van der Waals surface area contributed by atoms with E-state index >= 15 is 0 Å². The maximum atomic E-state index is 12.3. The van der Waals surface area contributed by atoms with Crippen molar-refractivity contribution in [1.82, 2.24) is 0 Å². The van der Waals surface area contributed by atoms with Gasteiger partial charge >= 0.3 is 48.9 Å². The predicted octanol–water partition coefficient (Wildman–Crippen LogP) is 15.9. The summed E-state index contributed by atoms with van der Waals surface area (Å²) in [6, 6.07) is 24.5. The number of carbonyl (C=O) groups excluding carboxylic acids is 3. The zero-order valence-electron chi connectivity index (χ0n) is 39.7. The predicted molar refractivity (Wildman–Crippen MR) is 289 cm³/mol. The van der Waals surface area contributed by atoms with Gasteiger partial charge in [-0.2, -0.15) is 11.3 Å². The largest absolute Gasteiger partial charge is 0.524 e. The van der Waals surface area contributed by atoms with Crippen molar-refractivity contribution in [2.45, 2.75) is 130 Å². The topological polar surface area (TPSA) is 141 Å². The highest BCUT2D eigenvalue weighted by atomic mass is 32.1. The number of aryl methyl sites for hydroxylation is 10. The van der Waals surface area contributed by atoms with E-state index in [1.165, 1.54) is 5.56 Å². The van der Waals surface area contributed by atoms with E-state index in [1.807, 2.05) is 122 Å². The Bertz CT molecular complexity index is 2430. The standard InChI is InChI=1S/C15H22O4PSi.C15H16O2PS.C13H16O3P.C8H10.3CH4/c1-5-19-21(18)8-6-7-20(17)15(16)14-12(3)9-11(2)10-13(14)4;1-10-6-11(2)14(12(3)7-10)15(16)18(17)8-13-4-5-19-9-13;1-8-4-9(2)12(10(3)5-8)13(14)17(15)7-11-6-16-11;1-2-8-6-4-3-5-7-8;;;/h9-10H,5-8H2,1-4H3;4-7,9H,8H2,1-3H3;4-5,11H,6-7H2,1-3H3;3-7H,2H2,1H3;3*1H4/q3*+1;;;;. The van der Waals surface area contributed by atoms with E-state index in [0.717, 1.165) is 62.1 Å². The second-order valence-electron chi connectivity index (χ2n) is 16.3. The van der Waals surface area contributed by atoms with Crippen molar-refractivity contribution in [3.05, 3.63) is 161 Å². The Morgan fingerprint density at radius 2 is 1.04 bits per heavy atom. The van der Waals surface area contributed by atoms with Gasteiger partial charge in [-0.25, -0.2) is 14.4 Å². The van der Waals surface area contributed by atoms with Crippen LogP contribution in [0.25, 0.3) is 0 Å². The summed E-state index contributed by atoms with van der Waals surface area (Å²) in [5, 5.41) is 3.88. The summed E-state index contributed by atoms with van der Waals surface area (Å²) in [6.07, 6.45) is 2.63. The van der Waals surface area contributed by atoms with Crippen LogP contribution in [0.3, 0.4) is 0 Å². The molecule has 4 aromatic carbocycles. The molecule has 1 aromatic heterocycles. The number of benzene rings is 4. The van der Waals surface area contributed by atoms with Gasteiger partial charge in [0.1, 0.15) is 6.10 Å². The second-order valence-corrected chi connectivity index (χ2v) is 23.2. The van der Waals surface area contributed by atoms with Crippen LogP contribution in [0.1, 0.15) is 135 Å². The third-order valence-electron chi connectivity index (χ3n) is 10.3. The van der Waals surface area contributed by atoms with Crippen LogP contribution >= 0.6 is 34.7 Å². The van der Waals surface area contributed by atoms with E-state index in [1.54, 1.807) is 18.3 Å². The molecule has 0 bridgehead atoms. The van der Waals surface area contributed by atoms with Crippen LogP contribution in [0.2, 0.25) is 6.04 Å². The fraction of sp³-hybridized carbons (Fsp3) is 0.426. The van der Waals surface area contributed by atoms with Crippen molar-refractivity contribution >= 4 is 60.2 Å². The molecule has 0 saturated carbocycles. The van der Waals surface area contributed by atoms with Crippen molar-refractivity contribution in [2.24, 2.45) is 0 Å². The molecule has 14 heteroatoms. The lowest BCUT2D eigenvalue weighted by atomic mass is 10.0. The maximum absolute atomic E-state index is 12.3. The molecule has 1 saturated heterocycles. The van der Waals surface area contributed by atoms with E-state index in [4.69, 9.17) is 9.16 Å². The summed E-state index contributed by atoms with van der Waals surface area (Å²) in [7, 11) is -7.75. The molecule has 6 rings (SSSR count). The molecule has 0 aliphatic carbocycles. The summed E-state index contributed by atoms with van der Waals surface area (Å²) < 4.78 is 57.6. The van der Waals surface area contributed by atoms with E-state index in [2.05, 4.69) is 31.2 Å². The Morgan fingerprint density at radius 3 is 1.40 bits per heavy atom. The summed E-state index contributed by atoms with van der Waals surface area (Å²) in [6.45, 7) is 22.3. The van der Waals surface area contributed by atoms with Gasteiger partial charge in [-0.1, -0.05) is 126 Å². The fourth-order valence-corrected chi connectivity index (χ4v) is 13.3. The van der Waals surface area contributed by atoms with Crippen molar-refractivity contribution in [2.75, 3.05) is 25.5 Å². The third-order valence-corrected chi connectivity index (χ3v) is 16.6. The van der Waals surface area contributed by atoms with E-state index in [0.29, 0.717) is 54.7 Å². The number of rotatable bonds is 17. The van der Waals surface area contributed by atoms with Gasteiger partial charge in [0.2, 0.25) is 0 Å². The lowest BCUT2D eigenvalue weighted by Crippen LogP contribution is -2.07. The van der Waals surface area contributed by atoms with Gasteiger partial charge in [-0.05, 0) is 138 Å². The summed E-state index contributed by atoms with van der Waals surface area (Å²) in [5.41, 5.74) is 12.2. The molecule has 4 atom stereocenters. The van der Waals surface area contributed by atoms with Gasteiger partial charge in [0.15, 0.2) is 18.5 Å². The highest BCUT2D eigenvalue weighted by molar-refractivity contribution is 7.65. The molecule has 1 aliphatic heterocycles. The molecule has 9 nitrogen and oxygen atoms in total. The molecule has 1 aliphatic rings. The Labute approximate surface area is 416 Å². The Balaban J connectivity index is 0.000000899. The minimum Gasteiger partial charge on any atom is -0.524 e. The highest BCUT2D eigenvalue weighted by Gasteiger charge is 2.40. The quantitative estimate of drug-likeness (QED) is 0.0505. The number of hydrogen-bond acceptors (Lipinski definition) is 10. The molecule has 1 fully saturated rings. The summed E-state index contributed by atoms with van der Waals surface area (Å²) >= 11 is 1.56. The van der Waals surface area contributed by atoms with Crippen LogP contribution in [0.5, 0.6) is 0 Å². The van der Waals surface area contributed by atoms with Crippen LogP contribution in [0.15, 0.2) is 83.6 Å². The molecule has 0 N–H and O–H groups in total. The van der Waals surface area contributed by atoms with Crippen LogP contribution < -0.4 is 0 Å². The van der Waals surface area contributed by atoms with Crippen molar-refractivity contribution in [3.63, 3.8) is 0 Å². The first-order valence-corrected chi connectivity index (χ1v) is 28.6. The highest BCUT2D eigenvalue weighted by Crippen LogP contribution is 2.36. The first kappa shape index (κ1) is 63.7. The second kappa shape index (κ2) is 31.7. The summed E-state index contributed by atoms with van der Waals surface area (Å²) in [5.74, 6) is 0. The van der Waals surface area contributed by atoms with Crippen LogP contribution in [0, 0.1) is 62.3 Å². The van der Waals surface area contributed by atoms with Crippen molar-refractivity contribution in [1.29, 1.82) is 0 Å². The van der Waals surface area contributed by atoms with Crippen molar-refractivity contribution in [3.8, 4) is 0 Å². The minimum atomic E-state index is -2.04. The normalized spacial score (nSPS) is 12.5. The average molecular weight is 1020 g/mol. The molecule has 368 valence electrons. The average Bonchev–Trinajstić information content (AvgIpc) is 3.90. The Hall–Kier alpha value is -4.33. The molecule has 0 spiro atoms. The molecule has 2 heterocycles. The van der Waals surface area contributed by atoms with Gasteiger partial charge in [0.25, 0.3) is 0 Å². The number of carbonyl (C=O) groups is 3. The SMILES string of the molecule is C.C.C.CCO[Si](=O)CCC[P+](=O)C(=O)c1c(C)cc(C)cc1C.CCc1ccccc1.Cc1cc(C)c(C(=O)[P+](=O)CC2CO2)c(C)c1.Cc1cc(C)c(C(=O)[P+](=O)Cc2ccsc2)c(C)c1. The molecule has 68 heavy (non-hydrogen) atoms. The monoisotopic (exact) mass is 1020 g/mol. The van der Waals surface area contributed by atoms with Gasteiger partial charge in [0.05, 0.1) is 29.9 Å². The van der Waals surface area contributed by atoms with E-state index in [9.17, 15) is 32.5 Å². The van der Waals surface area contributed by atoms with E-state index in [-0.39, 0.29) is 51.1 Å². The zero-order valence-corrected chi connectivity index (χ0v) is 44.2. The molecular formula is C54H76O9P3SSi+3. The lowest BCUT2D eigenvalue weighted by molar-refractivity contribution is 0.107.